The number of carbonyl (C=O) groups is 1. The number of amides is 1. The van der Waals surface area contributed by atoms with Gasteiger partial charge < -0.3 is 25.6 Å². The van der Waals surface area contributed by atoms with Crippen molar-refractivity contribution < 1.29 is 40.4 Å². The summed E-state index contributed by atoms with van der Waals surface area (Å²) in [6.45, 7) is 3.24. The first kappa shape index (κ1) is 31.3. The minimum atomic E-state index is -4.98. The topological polar surface area (TPSA) is 102 Å². The zero-order valence-corrected chi connectivity index (χ0v) is 23.3. The average Bonchev–Trinajstić information content (AvgIpc) is 3.34. The number of amidine groups is 1. The van der Waals surface area contributed by atoms with Crippen LogP contribution in [0.5, 0.6) is 0 Å². The van der Waals surface area contributed by atoms with Gasteiger partial charge in [-0.3, -0.25) is 4.79 Å². The van der Waals surface area contributed by atoms with Gasteiger partial charge >= 0.3 is 12.4 Å². The van der Waals surface area contributed by atoms with Crippen molar-refractivity contribution in [2.75, 3.05) is 12.4 Å². The molecule has 1 amide bonds. The number of hydrogen-bond acceptors (Lipinski definition) is 5. The van der Waals surface area contributed by atoms with E-state index in [0.29, 0.717) is 29.8 Å². The highest BCUT2D eigenvalue weighted by molar-refractivity contribution is 5.97. The summed E-state index contributed by atoms with van der Waals surface area (Å²) in [7, 11) is 1.53. The number of carbonyl (C=O) groups excluding carboxylic acids is 1. The van der Waals surface area contributed by atoms with Crippen LogP contribution in [0.4, 0.5) is 32.0 Å². The third kappa shape index (κ3) is 7.22. The van der Waals surface area contributed by atoms with Gasteiger partial charge in [-0.1, -0.05) is 12.1 Å². The molecule has 0 aliphatic carbocycles. The number of oxime groups is 1. The summed E-state index contributed by atoms with van der Waals surface area (Å²) in [6.07, 6.45) is -7.59. The first-order chi connectivity index (χ1) is 20.2. The van der Waals surface area contributed by atoms with Crippen molar-refractivity contribution in [3.05, 3.63) is 99.8 Å². The van der Waals surface area contributed by atoms with Crippen LogP contribution in [0.3, 0.4) is 0 Å². The van der Waals surface area contributed by atoms with Crippen LogP contribution >= 0.6 is 0 Å². The van der Waals surface area contributed by atoms with Gasteiger partial charge in [0.2, 0.25) is 5.91 Å². The van der Waals surface area contributed by atoms with E-state index in [1.165, 1.54) is 7.05 Å². The van der Waals surface area contributed by atoms with Crippen LogP contribution in [0.15, 0.2) is 70.4 Å². The summed E-state index contributed by atoms with van der Waals surface area (Å²) in [6, 6.07) is 10.6. The van der Waals surface area contributed by atoms with Gasteiger partial charge in [0.15, 0.2) is 5.84 Å². The molecule has 1 atom stereocenters. The molecule has 1 unspecified atom stereocenters. The molecule has 0 radical (unpaired) electrons. The zero-order chi connectivity index (χ0) is 31.5. The smallest absolute Gasteiger partial charge is 0.416 e. The number of likely N-dealkylation sites (N-methyl/N-ethyl adjacent to an activating group) is 1. The van der Waals surface area contributed by atoms with Gasteiger partial charge in [-0.15, -0.1) is 0 Å². The average molecular weight is 607 g/mol. The Hall–Kier alpha value is -4.68. The molecule has 7 nitrogen and oxygen atoms in total. The normalized spacial score (nSPS) is 13.2. The van der Waals surface area contributed by atoms with Crippen molar-refractivity contribution in [2.45, 2.75) is 45.3 Å². The molecule has 0 aliphatic rings. The summed E-state index contributed by atoms with van der Waals surface area (Å²) >= 11 is 0. The molecule has 4 rings (SSSR count). The molecule has 0 saturated carbocycles. The van der Waals surface area contributed by atoms with E-state index in [2.05, 4.69) is 15.8 Å². The maximum absolute atomic E-state index is 13.1. The molecule has 0 bridgehead atoms. The van der Waals surface area contributed by atoms with Crippen LogP contribution in [-0.4, -0.2) is 18.8 Å². The summed E-state index contributed by atoms with van der Waals surface area (Å²) in [5.74, 6) is -0.435. The number of halogens is 6. The van der Waals surface area contributed by atoms with E-state index < -0.39 is 36.1 Å². The van der Waals surface area contributed by atoms with E-state index in [1.54, 1.807) is 30.5 Å². The van der Waals surface area contributed by atoms with Crippen molar-refractivity contribution in [3.63, 3.8) is 0 Å². The Labute approximate surface area is 242 Å². The molecular weight excluding hydrogens is 578 g/mol. The fraction of sp³-hybridized carbons (Fsp3) is 0.267. The van der Waals surface area contributed by atoms with Gasteiger partial charge in [0.25, 0.3) is 0 Å². The number of aryl methyl sites for hydroxylation is 2. The van der Waals surface area contributed by atoms with Gasteiger partial charge in [0, 0.05) is 23.7 Å². The van der Waals surface area contributed by atoms with Crippen molar-refractivity contribution in [2.24, 2.45) is 10.9 Å². The largest absolute Gasteiger partial charge is 0.464 e. The highest BCUT2D eigenvalue weighted by atomic mass is 19.4. The van der Waals surface area contributed by atoms with Gasteiger partial charge in [0.05, 0.1) is 17.4 Å². The first-order valence-corrected chi connectivity index (χ1v) is 13.0. The Bertz CT molecular complexity index is 1610. The number of nitrogens with one attached hydrogen (secondary N) is 2. The second-order valence-corrected chi connectivity index (χ2v) is 9.76. The van der Waals surface area contributed by atoms with Crippen LogP contribution in [0.2, 0.25) is 0 Å². The summed E-state index contributed by atoms with van der Waals surface area (Å²) in [4.78, 5) is 17.8. The van der Waals surface area contributed by atoms with Crippen molar-refractivity contribution in [3.8, 4) is 0 Å². The lowest BCUT2D eigenvalue weighted by atomic mass is 9.98. The van der Waals surface area contributed by atoms with Gasteiger partial charge in [0.1, 0.15) is 18.2 Å². The summed E-state index contributed by atoms with van der Waals surface area (Å²) in [5.41, 5.74) is 6.97. The monoisotopic (exact) mass is 606 g/mol. The molecule has 0 aliphatic heterocycles. The lowest BCUT2D eigenvalue weighted by Gasteiger charge is -2.20. The lowest BCUT2D eigenvalue weighted by Crippen LogP contribution is -2.31. The Balaban J connectivity index is 1.50. The number of furan rings is 1. The summed E-state index contributed by atoms with van der Waals surface area (Å²) < 4.78 is 84.2. The van der Waals surface area contributed by atoms with Crippen molar-refractivity contribution >= 4 is 28.4 Å². The number of nitrogens with two attached hydrogens (primary N) is 1. The van der Waals surface area contributed by atoms with Crippen LogP contribution in [-0.2, 0) is 35.0 Å². The molecule has 1 aromatic heterocycles. The maximum Gasteiger partial charge on any atom is 0.416 e. The van der Waals surface area contributed by atoms with Crippen LogP contribution < -0.4 is 16.4 Å². The molecular formula is C30H28F6N4O3. The number of nitrogens with zero attached hydrogens (tertiary/aromatic N) is 1. The van der Waals surface area contributed by atoms with E-state index in [4.69, 9.17) is 15.0 Å². The second-order valence-electron chi connectivity index (χ2n) is 9.76. The molecule has 3 aromatic carbocycles. The fourth-order valence-electron chi connectivity index (χ4n) is 4.47. The lowest BCUT2D eigenvalue weighted by molar-refractivity contribution is -0.143. The Morgan fingerprint density at radius 1 is 1.00 bits per heavy atom. The van der Waals surface area contributed by atoms with Crippen LogP contribution in [0.25, 0.3) is 11.0 Å². The van der Waals surface area contributed by atoms with Crippen molar-refractivity contribution in [1.29, 1.82) is 0 Å². The van der Waals surface area contributed by atoms with E-state index >= 15 is 0 Å². The Morgan fingerprint density at radius 2 is 1.63 bits per heavy atom. The molecule has 4 aromatic rings. The molecule has 43 heavy (non-hydrogen) atoms. The highest BCUT2D eigenvalue weighted by Crippen LogP contribution is 2.36. The third-order valence-electron chi connectivity index (χ3n) is 6.72. The number of anilines is 1. The minimum Gasteiger partial charge on any atom is -0.464 e. The maximum atomic E-state index is 13.1. The number of hydrogen-bond donors (Lipinski definition) is 3. The molecule has 4 N–H and O–H groups in total. The number of benzene rings is 3. The van der Waals surface area contributed by atoms with Crippen LogP contribution in [0.1, 0.15) is 51.9 Å². The third-order valence-corrected chi connectivity index (χ3v) is 6.72. The SMILES string of the molecule is CCc1cc(C(Nc2ccc(/C(N)=N\OCc3cc(C(F)(F)F)cc(C(F)(F)F)c3)cc2)C(=O)NC)cc2c(C)coc12. The predicted molar refractivity (Wildman–Crippen MR) is 149 cm³/mol. The quantitative estimate of drug-likeness (QED) is 0.0819. The molecule has 0 saturated heterocycles. The molecule has 228 valence electrons. The van der Waals surface area contributed by atoms with Crippen LogP contribution in [0, 0.1) is 6.92 Å². The molecule has 0 spiro atoms. The van der Waals surface area contributed by atoms with E-state index in [9.17, 15) is 31.1 Å². The zero-order valence-electron chi connectivity index (χ0n) is 23.3. The number of fused-ring (bicyclic) bond motifs is 1. The predicted octanol–water partition coefficient (Wildman–Crippen LogP) is 7.08. The molecule has 13 heteroatoms. The fourth-order valence-corrected chi connectivity index (χ4v) is 4.47. The number of alkyl halides is 6. The minimum absolute atomic E-state index is 0.0327. The Kier molecular flexibility index (Phi) is 8.93. The highest BCUT2D eigenvalue weighted by Gasteiger charge is 2.37. The number of rotatable bonds is 9. The molecule has 1 heterocycles. The van der Waals surface area contributed by atoms with E-state index in [0.717, 1.165) is 27.7 Å². The summed E-state index contributed by atoms with van der Waals surface area (Å²) in [5, 5.41) is 10.4. The van der Waals surface area contributed by atoms with Gasteiger partial charge in [-0.05, 0) is 90.2 Å². The standard InChI is InChI=1S/C30H28F6N4O3/c1-4-18-11-20(12-24-16(2)14-42-26(18)24)25(28(41)38-3)39-23-7-5-19(6-8-23)27(37)40-43-15-17-9-21(29(31,32)33)13-22(10-17)30(34,35)36/h5-14,25,39H,4,15H2,1-3H3,(H2,37,40)(H,38,41). The Morgan fingerprint density at radius 3 is 2.19 bits per heavy atom. The first-order valence-electron chi connectivity index (χ1n) is 13.0. The van der Waals surface area contributed by atoms with E-state index in [-0.39, 0.29) is 23.4 Å². The van der Waals surface area contributed by atoms with Gasteiger partial charge in [-0.2, -0.15) is 26.3 Å². The van der Waals surface area contributed by atoms with E-state index in [1.807, 2.05) is 26.0 Å². The van der Waals surface area contributed by atoms with Crippen molar-refractivity contribution in [1.82, 2.24) is 5.32 Å². The van der Waals surface area contributed by atoms with Gasteiger partial charge in [-0.25, -0.2) is 0 Å². The molecule has 0 fully saturated rings. The second kappa shape index (κ2) is 12.3.